The van der Waals surface area contributed by atoms with Crippen molar-refractivity contribution < 1.29 is 4.79 Å². The van der Waals surface area contributed by atoms with Crippen molar-refractivity contribution in [3.05, 3.63) is 65.0 Å². The lowest BCUT2D eigenvalue weighted by Gasteiger charge is -2.26. The second kappa shape index (κ2) is 8.62. The van der Waals surface area contributed by atoms with E-state index in [1.807, 2.05) is 39.5 Å². The minimum atomic E-state index is -0.220. The zero-order chi connectivity index (χ0) is 18.4. The Kier molecular flexibility index (Phi) is 6.53. The lowest BCUT2D eigenvalue weighted by Crippen LogP contribution is -2.42. The summed E-state index contributed by atoms with van der Waals surface area (Å²) in [6, 6.07) is 9.90. The molecule has 0 aliphatic heterocycles. The van der Waals surface area contributed by atoms with Crippen LogP contribution >= 0.6 is 0 Å². The van der Waals surface area contributed by atoms with Crippen LogP contribution in [0.15, 0.2) is 42.7 Å². The Morgan fingerprint density at radius 2 is 1.92 bits per heavy atom. The summed E-state index contributed by atoms with van der Waals surface area (Å²) in [5, 5.41) is 3.17. The third kappa shape index (κ3) is 5.29. The Hall–Kier alpha value is -2.40. The molecule has 0 aliphatic carbocycles. The number of urea groups is 1. The number of carbonyl (C=O) groups is 1. The number of benzene rings is 1. The van der Waals surface area contributed by atoms with Crippen LogP contribution in [-0.4, -0.2) is 55.0 Å². The number of aromatic nitrogens is 1. The van der Waals surface area contributed by atoms with E-state index >= 15 is 0 Å². The molecule has 0 bridgehead atoms. The van der Waals surface area contributed by atoms with Crippen LogP contribution in [-0.2, 0) is 0 Å². The summed E-state index contributed by atoms with van der Waals surface area (Å²) in [5.41, 5.74) is 4.40. The van der Waals surface area contributed by atoms with Gasteiger partial charge in [-0.3, -0.25) is 4.98 Å². The molecule has 2 amide bonds. The molecule has 134 valence electrons. The lowest BCUT2D eigenvalue weighted by atomic mass is 9.94. The highest BCUT2D eigenvalue weighted by molar-refractivity contribution is 5.75. The lowest BCUT2D eigenvalue weighted by molar-refractivity contribution is 0.201. The van der Waals surface area contributed by atoms with Gasteiger partial charge >= 0.3 is 6.03 Å². The maximum absolute atomic E-state index is 12.7. The van der Waals surface area contributed by atoms with E-state index in [-0.39, 0.29) is 12.1 Å². The van der Waals surface area contributed by atoms with Crippen LogP contribution in [0.1, 0.15) is 28.3 Å². The first-order valence-electron chi connectivity index (χ1n) is 8.52. The molecule has 1 atom stereocenters. The third-order valence-corrected chi connectivity index (χ3v) is 4.26. The number of rotatable bonds is 6. The minimum Gasteiger partial charge on any atom is -0.327 e. The first kappa shape index (κ1) is 18.9. The molecular weight excluding hydrogens is 312 g/mol. The largest absolute Gasteiger partial charge is 0.327 e. The molecule has 5 heteroatoms. The number of hydrogen-bond donors (Lipinski definition) is 1. The number of likely N-dealkylation sites (N-methyl/N-ethyl adjacent to an activating group) is 2. The van der Waals surface area contributed by atoms with Gasteiger partial charge in [0.15, 0.2) is 0 Å². The van der Waals surface area contributed by atoms with Gasteiger partial charge in [-0.05, 0) is 50.7 Å². The SMILES string of the molecule is Cc1ccc(C)c([C@H](NC(=O)N(C)CCN(C)C)c2cccnc2)c1. The molecule has 0 radical (unpaired) electrons. The van der Waals surface area contributed by atoms with Crippen LogP contribution in [0.2, 0.25) is 0 Å². The molecule has 25 heavy (non-hydrogen) atoms. The van der Waals surface area contributed by atoms with Gasteiger partial charge < -0.3 is 15.1 Å². The van der Waals surface area contributed by atoms with E-state index in [0.717, 1.165) is 23.2 Å². The van der Waals surface area contributed by atoms with Crippen molar-refractivity contribution in [3.8, 4) is 0 Å². The molecule has 0 fully saturated rings. The van der Waals surface area contributed by atoms with Gasteiger partial charge in [-0.15, -0.1) is 0 Å². The predicted molar refractivity (Wildman–Crippen MR) is 102 cm³/mol. The van der Waals surface area contributed by atoms with Crippen molar-refractivity contribution in [2.45, 2.75) is 19.9 Å². The summed E-state index contributed by atoms with van der Waals surface area (Å²) in [7, 11) is 5.82. The number of carbonyl (C=O) groups excluding carboxylic acids is 1. The molecule has 0 saturated heterocycles. The molecule has 2 rings (SSSR count). The molecule has 1 N–H and O–H groups in total. The average Bonchev–Trinajstić information content (AvgIpc) is 2.60. The standard InChI is InChI=1S/C20H28N4O/c1-15-8-9-16(2)18(13-15)19(17-7-6-10-21-14-17)22-20(25)24(5)12-11-23(3)4/h6-10,13-14,19H,11-12H2,1-5H3,(H,22,25)/t19-/m1/s1. The van der Waals surface area contributed by atoms with Gasteiger partial charge in [0.2, 0.25) is 0 Å². The van der Waals surface area contributed by atoms with E-state index in [1.165, 1.54) is 5.56 Å². The fourth-order valence-electron chi connectivity index (χ4n) is 2.64. The van der Waals surface area contributed by atoms with Crippen LogP contribution in [0.25, 0.3) is 0 Å². The van der Waals surface area contributed by atoms with Crippen molar-refractivity contribution in [1.29, 1.82) is 0 Å². The normalized spacial score (nSPS) is 12.1. The average molecular weight is 340 g/mol. The van der Waals surface area contributed by atoms with Crippen molar-refractivity contribution in [3.63, 3.8) is 0 Å². The molecular formula is C20H28N4O. The number of amides is 2. The molecule has 2 aromatic rings. The Bertz CT molecular complexity index is 700. The highest BCUT2D eigenvalue weighted by atomic mass is 16.2. The van der Waals surface area contributed by atoms with Crippen molar-refractivity contribution in [2.75, 3.05) is 34.2 Å². The number of hydrogen-bond acceptors (Lipinski definition) is 3. The molecule has 0 saturated carbocycles. The van der Waals surface area contributed by atoms with Gasteiger partial charge in [-0.25, -0.2) is 4.79 Å². The molecule has 0 unspecified atom stereocenters. The summed E-state index contributed by atoms with van der Waals surface area (Å²) >= 11 is 0. The highest BCUT2D eigenvalue weighted by Crippen LogP contribution is 2.25. The first-order valence-corrected chi connectivity index (χ1v) is 8.52. The van der Waals surface area contributed by atoms with Gasteiger partial charge in [0.1, 0.15) is 0 Å². The van der Waals surface area contributed by atoms with E-state index in [1.54, 1.807) is 11.1 Å². The maximum Gasteiger partial charge on any atom is 0.317 e. The molecule has 5 nitrogen and oxygen atoms in total. The topological polar surface area (TPSA) is 48.5 Å². The van der Waals surface area contributed by atoms with Crippen LogP contribution in [0.4, 0.5) is 4.79 Å². The van der Waals surface area contributed by atoms with Gasteiger partial charge in [0.05, 0.1) is 6.04 Å². The van der Waals surface area contributed by atoms with Crippen molar-refractivity contribution >= 4 is 6.03 Å². The molecule has 1 heterocycles. The third-order valence-electron chi connectivity index (χ3n) is 4.26. The summed E-state index contributed by atoms with van der Waals surface area (Å²) in [6.45, 7) is 5.63. The van der Waals surface area contributed by atoms with E-state index in [0.29, 0.717) is 6.54 Å². The molecule has 1 aromatic heterocycles. The molecule has 0 spiro atoms. The van der Waals surface area contributed by atoms with Gasteiger partial charge in [-0.2, -0.15) is 0 Å². The highest BCUT2D eigenvalue weighted by Gasteiger charge is 2.21. The second-order valence-corrected chi connectivity index (χ2v) is 6.75. The van der Waals surface area contributed by atoms with Crippen LogP contribution < -0.4 is 5.32 Å². The smallest absolute Gasteiger partial charge is 0.317 e. The predicted octanol–water partition coefficient (Wildman–Crippen LogP) is 2.99. The fourth-order valence-corrected chi connectivity index (χ4v) is 2.64. The van der Waals surface area contributed by atoms with Crippen LogP contribution in [0.3, 0.4) is 0 Å². The van der Waals surface area contributed by atoms with E-state index < -0.39 is 0 Å². The number of aryl methyl sites for hydroxylation is 2. The fraction of sp³-hybridized carbons (Fsp3) is 0.400. The van der Waals surface area contributed by atoms with E-state index in [9.17, 15) is 4.79 Å². The molecule has 0 aliphatic rings. The Balaban J connectivity index is 2.27. The van der Waals surface area contributed by atoms with Gasteiger partial charge in [-0.1, -0.05) is 29.8 Å². The zero-order valence-electron chi connectivity index (χ0n) is 15.8. The summed E-state index contributed by atoms with van der Waals surface area (Å²) < 4.78 is 0. The van der Waals surface area contributed by atoms with Crippen LogP contribution in [0.5, 0.6) is 0 Å². The van der Waals surface area contributed by atoms with Crippen molar-refractivity contribution in [1.82, 2.24) is 20.1 Å². The maximum atomic E-state index is 12.7. The zero-order valence-corrected chi connectivity index (χ0v) is 15.8. The van der Waals surface area contributed by atoms with Crippen LogP contribution in [0, 0.1) is 13.8 Å². The summed E-state index contributed by atoms with van der Waals surface area (Å²) in [4.78, 5) is 20.7. The van der Waals surface area contributed by atoms with E-state index in [4.69, 9.17) is 0 Å². The number of nitrogens with one attached hydrogen (secondary N) is 1. The Labute approximate surface area is 150 Å². The Morgan fingerprint density at radius 3 is 2.56 bits per heavy atom. The van der Waals surface area contributed by atoms with Crippen molar-refractivity contribution in [2.24, 2.45) is 0 Å². The Morgan fingerprint density at radius 1 is 1.16 bits per heavy atom. The summed E-state index contributed by atoms with van der Waals surface area (Å²) in [6.07, 6.45) is 3.56. The second-order valence-electron chi connectivity index (χ2n) is 6.75. The number of pyridine rings is 1. The first-order chi connectivity index (χ1) is 11.9. The van der Waals surface area contributed by atoms with Gasteiger partial charge in [0.25, 0.3) is 0 Å². The summed E-state index contributed by atoms with van der Waals surface area (Å²) in [5.74, 6) is 0. The monoisotopic (exact) mass is 340 g/mol. The quantitative estimate of drug-likeness (QED) is 0.879. The van der Waals surface area contributed by atoms with Gasteiger partial charge in [0, 0.05) is 32.5 Å². The molecule has 1 aromatic carbocycles. The minimum absolute atomic E-state index is 0.0865. The van der Waals surface area contributed by atoms with E-state index in [2.05, 4.69) is 47.2 Å². The number of nitrogens with zero attached hydrogens (tertiary/aromatic N) is 3.